The van der Waals surface area contributed by atoms with Crippen molar-refractivity contribution in [2.75, 3.05) is 13.1 Å². The van der Waals surface area contributed by atoms with E-state index in [1.807, 2.05) is 0 Å². The molecule has 0 amide bonds. The zero-order chi connectivity index (χ0) is 10.7. The van der Waals surface area contributed by atoms with Gasteiger partial charge in [-0.05, 0) is 19.0 Å². The maximum absolute atomic E-state index is 10.7. The van der Waals surface area contributed by atoms with Gasteiger partial charge in [-0.15, -0.1) is 0 Å². The maximum Gasteiger partial charge on any atom is 0.330 e. The van der Waals surface area contributed by atoms with Gasteiger partial charge in [0.05, 0.1) is 4.92 Å². The fourth-order valence-electron chi connectivity index (χ4n) is 1.50. The number of rotatable bonds is 3. The first-order valence-electron chi connectivity index (χ1n) is 4.74. The van der Waals surface area contributed by atoms with Crippen molar-refractivity contribution in [3.8, 4) is 5.88 Å². The quantitative estimate of drug-likeness (QED) is 0.586. The van der Waals surface area contributed by atoms with Gasteiger partial charge in [0, 0.05) is 18.8 Å². The van der Waals surface area contributed by atoms with E-state index >= 15 is 0 Å². The molecule has 0 bridgehead atoms. The molecular weight excluding hydrogens is 198 g/mol. The number of nitrogens with one attached hydrogen (secondary N) is 1. The van der Waals surface area contributed by atoms with E-state index in [2.05, 4.69) is 10.3 Å². The van der Waals surface area contributed by atoms with Gasteiger partial charge in [0.25, 0.3) is 5.88 Å². The van der Waals surface area contributed by atoms with Gasteiger partial charge in [-0.25, -0.2) is 4.98 Å². The van der Waals surface area contributed by atoms with E-state index in [0.29, 0.717) is 6.54 Å². The van der Waals surface area contributed by atoms with Gasteiger partial charge in [0.2, 0.25) is 0 Å². The lowest BCUT2D eigenvalue weighted by Gasteiger charge is -2.10. The predicted octanol–water partition coefficient (Wildman–Crippen LogP) is 0.730. The number of aromatic nitrogens is 1. The Morgan fingerprint density at radius 2 is 2.53 bits per heavy atom. The fourth-order valence-corrected chi connectivity index (χ4v) is 1.50. The Kier molecular flexibility index (Phi) is 2.77. The molecule has 1 atom stereocenters. The smallest absolute Gasteiger partial charge is 0.330 e. The van der Waals surface area contributed by atoms with E-state index in [1.54, 1.807) is 0 Å². The van der Waals surface area contributed by atoms with Gasteiger partial charge in [0.1, 0.15) is 6.10 Å². The molecule has 1 fully saturated rings. The number of pyridine rings is 1. The summed E-state index contributed by atoms with van der Waals surface area (Å²) in [5.41, 5.74) is -0.0793. The van der Waals surface area contributed by atoms with Gasteiger partial charge >= 0.3 is 5.69 Å². The summed E-state index contributed by atoms with van der Waals surface area (Å²) in [6.07, 6.45) is 2.33. The van der Waals surface area contributed by atoms with Crippen LogP contribution in [0.2, 0.25) is 0 Å². The number of hydrogen-bond acceptors (Lipinski definition) is 5. The minimum absolute atomic E-state index is 0.0152. The normalized spacial score (nSPS) is 20.1. The first kappa shape index (κ1) is 9.85. The summed E-state index contributed by atoms with van der Waals surface area (Å²) in [5, 5.41) is 13.8. The zero-order valence-electron chi connectivity index (χ0n) is 8.05. The van der Waals surface area contributed by atoms with Gasteiger partial charge in [-0.3, -0.25) is 10.1 Å². The zero-order valence-corrected chi connectivity index (χ0v) is 8.05. The molecule has 6 heteroatoms. The largest absolute Gasteiger partial charge is 0.468 e. The highest BCUT2D eigenvalue weighted by Gasteiger charge is 2.22. The second-order valence-electron chi connectivity index (χ2n) is 3.32. The molecule has 1 N–H and O–H groups in total. The van der Waals surface area contributed by atoms with Crippen LogP contribution in [0.4, 0.5) is 5.69 Å². The van der Waals surface area contributed by atoms with E-state index in [-0.39, 0.29) is 17.7 Å². The molecule has 6 nitrogen and oxygen atoms in total. The van der Waals surface area contributed by atoms with E-state index in [4.69, 9.17) is 4.74 Å². The number of hydrogen-bond donors (Lipinski definition) is 1. The third-order valence-corrected chi connectivity index (χ3v) is 2.24. The van der Waals surface area contributed by atoms with Crippen LogP contribution in [0.1, 0.15) is 6.42 Å². The molecule has 1 unspecified atom stereocenters. The molecule has 1 aromatic heterocycles. The number of ether oxygens (including phenoxy) is 1. The van der Waals surface area contributed by atoms with Crippen LogP contribution in [0.15, 0.2) is 18.3 Å². The van der Waals surface area contributed by atoms with Crippen LogP contribution >= 0.6 is 0 Å². The number of nitro groups is 1. The summed E-state index contributed by atoms with van der Waals surface area (Å²) in [5.74, 6) is 0.108. The average Bonchev–Trinajstić information content (AvgIpc) is 2.71. The Balaban J connectivity index is 2.15. The molecule has 2 heterocycles. The number of nitrogens with zero attached hydrogens (tertiary/aromatic N) is 2. The molecule has 0 aromatic carbocycles. The summed E-state index contributed by atoms with van der Waals surface area (Å²) >= 11 is 0. The van der Waals surface area contributed by atoms with Gasteiger partial charge in [-0.1, -0.05) is 0 Å². The standard InChI is InChI=1S/C9H11N3O3/c13-12(14)8-2-1-4-11-9(8)15-7-3-5-10-6-7/h1-2,4,7,10H,3,5-6H2. The molecule has 1 aromatic rings. The van der Waals surface area contributed by atoms with Crippen LogP contribution in [-0.4, -0.2) is 29.1 Å². The summed E-state index contributed by atoms with van der Waals surface area (Å²) in [6.45, 7) is 1.60. The van der Waals surface area contributed by atoms with Crippen LogP contribution in [0, 0.1) is 10.1 Å². The average molecular weight is 209 g/mol. The maximum atomic E-state index is 10.7. The Bertz CT molecular complexity index is 363. The summed E-state index contributed by atoms with van der Waals surface area (Å²) in [7, 11) is 0. The fraction of sp³-hybridized carbons (Fsp3) is 0.444. The Morgan fingerprint density at radius 3 is 3.20 bits per heavy atom. The van der Waals surface area contributed by atoms with Crippen molar-refractivity contribution in [2.45, 2.75) is 12.5 Å². The van der Waals surface area contributed by atoms with Crippen LogP contribution in [0.25, 0.3) is 0 Å². The molecular formula is C9H11N3O3. The highest BCUT2D eigenvalue weighted by molar-refractivity contribution is 5.39. The highest BCUT2D eigenvalue weighted by Crippen LogP contribution is 2.24. The van der Waals surface area contributed by atoms with Crippen LogP contribution in [0.3, 0.4) is 0 Å². The topological polar surface area (TPSA) is 77.3 Å². The molecule has 0 radical (unpaired) electrons. The van der Waals surface area contributed by atoms with Crippen LogP contribution in [-0.2, 0) is 0 Å². The van der Waals surface area contributed by atoms with E-state index in [1.165, 1.54) is 18.3 Å². The SMILES string of the molecule is O=[N+]([O-])c1cccnc1OC1CCNC1. The van der Waals surface area contributed by atoms with Gasteiger partial charge in [-0.2, -0.15) is 0 Å². The van der Waals surface area contributed by atoms with E-state index < -0.39 is 4.92 Å². The molecule has 1 saturated heterocycles. The lowest BCUT2D eigenvalue weighted by Crippen LogP contribution is -2.20. The van der Waals surface area contributed by atoms with Crippen molar-refractivity contribution in [3.63, 3.8) is 0 Å². The monoisotopic (exact) mass is 209 g/mol. The predicted molar refractivity (Wildman–Crippen MR) is 52.8 cm³/mol. The molecule has 80 valence electrons. The summed E-state index contributed by atoms with van der Waals surface area (Å²) < 4.78 is 5.45. The molecule has 0 aliphatic carbocycles. The molecule has 0 saturated carbocycles. The van der Waals surface area contributed by atoms with Crippen molar-refractivity contribution in [2.24, 2.45) is 0 Å². The molecule has 0 spiro atoms. The first-order valence-corrected chi connectivity index (χ1v) is 4.74. The third-order valence-electron chi connectivity index (χ3n) is 2.24. The van der Waals surface area contributed by atoms with Crippen molar-refractivity contribution in [1.29, 1.82) is 0 Å². The lowest BCUT2D eigenvalue weighted by atomic mass is 10.3. The van der Waals surface area contributed by atoms with Crippen molar-refractivity contribution >= 4 is 5.69 Å². The first-order chi connectivity index (χ1) is 7.27. The summed E-state index contributed by atoms with van der Waals surface area (Å²) in [6, 6.07) is 2.92. The molecule has 15 heavy (non-hydrogen) atoms. The lowest BCUT2D eigenvalue weighted by molar-refractivity contribution is -0.386. The van der Waals surface area contributed by atoms with Crippen LogP contribution in [0.5, 0.6) is 5.88 Å². The molecule has 2 rings (SSSR count). The van der Waals surface area contributed by atoms with Crippen molar-refractivity contribution in [3.05, 3.63) is 28.4 Å². The Morgan fingerprint density at radius 1 is 1.67 bits per heavy atom. The molecule has 1 aliphatic heterocycles. The van der Waals surface area contributed by atoms with E-state index in [0.717, 1.165) is 13.0 Å². The van der Waals surface area contributed by atoms with E-state index in [9.17, 15) is 10.1 Å². The Hall–Kier alpha value is -1.69. The van der Waals surface area contributed by atoms with Crippen LogP contribution < -0.4 is 10.1 Å². The highest BCUT2D eigenvalue weighted by atomic mass is 16.6. The summed E-state index contributed by atoms with van der Waals surface area (Å²) in [4.78, 5) is 14.1. The third kappa shape index (κ3) is 2.21. The Labute approximate surface area is 86.4 Å². The van der Waals surface area contributed by atoms with Gasteiger partial charge in [0.15, 0.2) is 0 Å². The second kappa shape index (κ2) is 4.22. The van der Waals surface area contributed by atoms with Crippen molar-refractivity contribution < 1.29 is 9.66 Å². The minimum Gasteiger partial charge on any atom is -0.468 e. The molecule has 1 aliphatic rings. The van der Waals surface area contributed by atoms with Crippen molar-refractivity contribution in [1.82, 2.24) is 10.3 Å². The van der Waals surface area contributed by atoms with Gasteiger partial charge < -0.3 is 10.1 Å². The minimum atomic E-state index is -0.481. The second-order valence-corrected chi connectivity index (χ2v) is 3.32.